The van der Waals surface area contributed by atoms with E-state index < -0.39 is 5.97 Å². The molecule has 25 heavy (non-hydrogen) atoms. The third-order valence-electron chi connectivity index (χ3n) is 4.15. The van der Waals surface area contributed by atoms with Gasteiger partial charge in [0, 0.05) is 11.6 Å². The minimum Gasteiger partial charge on any atom is -0.507 e. The highest BCUT2D eigenvalue weighted by molar-refractivity contribution is 5.87. The van der Waals surface area contributed by atoms with Crippen LogP contribution in [-0.2, 0) is 4.79 Å². The predicted molar refractivity (Wildman–Crippen MR) is 100 cm³/mol. The number of hydrogen-bond donors (Lipinski definition) is 2. The van der Waals surface area contributed by atoms with Gasteiger partial charge in [0.15, 0.2) is 0 Å². The molecule has 3 rings (SSSR count). The summed E-state index contributed by atoms with van der Waals surface area (Å²) in [6.07, 6.45) is 2.60. The molecule has 0 bridgehead atoms. The van der Waals surface area contributed by atoms with Crippen LogP contribution in [0.1, 0.15) is 11.1 Å². The van der Waals surface area contributed by atoms with Crippen LogP contribution in [0.5, 0.6) is 5.75 Å². The number of carboxylic acids is 1. The van der Waals surface area contributed by atoms with Crippen LogP contribution in [0.25, 0.3) is 28.3 Å². The molecule has 0 fully saturated rings. The quantitative estimate of drug-likeness (QED) is 0.652. The predicted octanol–water partition coefficient (Wildman–Crippen LogP) is 5.13. The Hall–Kier alpha value is -3.33. The monoisotopic (exact) mass is 330 g/mol. The molecule has 0 aromatic heterocycles. The van der Waals surface area contributed by atoms with Crippen LogP contribution in [-0.4, -0.2) is 16.2 Å². The van der Waals surface area contributed by atoms with Crippen molar-refractivity contribution in [3.63, 3.8) is 0 Å². The van der Waals surface area contributed by atoms with Crippen molar-refractivity contribution >= 4 is 12.0 Å². The van der Waals surface area contributed by atoms with Crippen molar-refractivity contribution in [1.82, 2.24) is 0 Å². The van der Waals surface area contributed by atoms with Crippen LogP contribution >= 0.6 is 0 Å². The van der Waals surface area contributed by atoms with Crippen molar-refractivity contribution in [2.45, 2.75) is 6.92 Å². The number of rotatable bonds is 4. The van der Waals surface area contributed by atoms with Crippen LogP contribution < -0.4 is 0 Å². The Kier molecular flexibility index (Phi) is 4.66. The first-order valence-electron chi connectivity index (χ1n) is 7.95. The van der Waals surface area contributed by atoms with Gasteiger partial charge in [0.05, 0.1) is 0 Å². The molecule has 3 heteroatoms. The Bertz CT molecular complexity index is 941. The topological polar surface area (TPSA) is 57.5 Å². The summed E-state index contributed by atoms with van der Waals surface area (Å²) < 4.78 is 0. The van der Waals surface area contributed by atoms with Gasteiger partial charge >= 0.3 is 5.97 Å². The molecule has 2 N–H and O–H groups in total. The van der Waals surface area contributed by atoms with Crippen molar-refractivity contribution < 1.29 is 15.0 Å². The number of hydrogen-bond acceptors (Lipinski definition) is 2. The number of carboxylic acid groups (broad SMARTS) is 1. The lowest BCUT2D eigenvalue weighted by atomic mass is 9.91. The highest BCUT2D eigenvalue weighted by atomic mass is 16.4. The van der Waals surface area contributed by atoms with Gasteiger partial charge in [0.25, 0.3) is 0 Å². The number of aromatic hydroxyl groups is 1. The first kappa shape index (κ1) is 16.5. The van der Waals surface area contributed by atoms with Crippen LogP contribution in [0.4, 0.5) is 0 Å². The van der Waals surface area contributed by atoms with Gasteiger partial charge in [-0.1, -0.05) is 54.6 Å². The Morgan fingerprint density at radius 1 is 0.880 bits per heavy atom. The zero-order chi connectivity index (χ0) is 17.8. The highest BCUT2D eigenvalue weighted by Gasteiger charge is 2.11. The summed E-state index contributed by atoms with van der Waals surface area (Å²) >= 11 is 0. The fourth-order valence-electron chi connectivity index (χ4n) is 2.90. The first-order valence-corrected chi connectivity index (χ1v) is 7.95. The van der Waals surface area contributed by atoms with E-state index in [0.717, 1.165) is 33.9 Å². The van der Waals surface area contributed by atoms with Crippen molar-refractivity contribution in [3.05, 3.63) is 83.9 Å². The van der Waals surface area contributed by atoms with Gasteiger partial charge < -0.3 is 10.2 Å². The highest BCUT2D eigenvalue weighted by Crippen LogP contribution is 2.36. The van der Waals surface area contributed by atoms with Gasteiger partial charge in [-0.05, 0) is 52.9 Å². The molecular weight excluding hydrogens is 312 g/mol. The summed E-state index contributed by atoms with van der Waals surface area (Å²) in [5, 5.41) is 19.1. The molecule has 124 valence electrons. The first-order chi connectivity index (χ1) is 12.1. The van der Waals surface area contributed by atoms with E-state index in [1.165, 1.54) is 6.08 Å². The molecule has 3 nitrogen and oxygen atoms in total. The van der Waals surface area contributed by atoms with Gasteiger partial charge in [-0.25, -0.2) is 4.79 Å². The van der Waals surface area contributed by atoms with Crippen molar-refractivity contribution in [2.75, 3.05) is 0 Å². The van der Waals surface area contributed by atoms with E-state index in [0.29, 0.717) is 5.56 Å². The van der Waals surface area contributed by atoms with E-state index in [1.54, 1.807) is 18.2 Å². The van der Waals surface area contributed by atoms with Crippen molar-refractivity contribution in [2.24, 2.45) is 0 Å². The average molecular weight is 330 g/mol. The minimum atomic E-state index is -1.00. The standard InChI is InChI=1S/C22H18O3/c1-15-18(17-6-3-2-4-7-17)8-5-9-19(15)20-14-16(10-12-21(20)23)11-13-22(24)25/h2-14,23H,1H3,(H,24,25)/b13-11+. The third-order valence-corrected chi connectivity index (χ3v) is 4.15. The summed E-state index contributed by atoms with van der Waals surface area (Å²) in [4.78, 5) is 10.7. The maximum atomic E-state index is 10.7. The summed E-state index contributed by atoms with van der Waals surface area (Å²) in [5.41, 5.74) is 5.60. The van der Waals surface area contributed by atoms with Crippen LogP contribution in [0.15, 0.2) is 72.8 Å². The van der Waals surface area contributed by atoms with Gasteiger partial charge in [0.2, 0.25) is 0 Å². The number of phenolic OH excluding ortho intramolecular Hbond substituents is 1. The average Bonchev–Trinajstić information content (AvgIpc) is 2.62. The Labute approximate surface area is 146 Å². The molecule has 0 atom stereocenters. The Morgan fingerprint density at radius 2 is 1.60 bits per heavy atom. The zero-order valence-corrected chi connectivity index (χ0v) is 13.8. The molecule has 0 unspecified atom stereocenters. The molecule has 0 saturated heterocycles. The number of carbonyl (C=O) groups is 1. The molecule has 3 aromatic carbocycles. The second kappa shape index (κ2) is 7.05. The molecule has 0 saturated carbocycles. The number of phenols is 1. The van der Waals surface area contributed by atoms with Gasteiger partial charge in [0.1, 0.15) is 5.75 Å². The normalized spacial score (nSPS) is 10.9. The number of benzene rings is 3. The van der Waals surface area contributed by atoms with E-state index in [1.807, 2.05) is 37.3 Å². The molecule has 0 aliphatic heterocycles. The summed E-state index contributed by atoms with van der Waals surface area (Å²) in [7, 11) is 0. The molecule has 0 aliphatic rings. The molecule has 0 radical (unpaired) electrons. The largest absolute Gasteiger partial charge is 0.507 e. The molecule has 0 aliphatic carbocycles. The Morgan fingerprint density at radius 3 is 2.32 bits per heavy atom. The van der Waals surface area contributed by atoms with E-state index in [2.05, 4.69) is 18.2 Å². The third kappa shape index (κ3) is 3.61. The molecule has 3 aromatic rings. The maximum absolute atomic E-state index is 10.7. The smallest absolute Gasteiger partial charge is 0.328 e. The second-order valence-corrected chi connectivity index (χ2v) is 5.79. The molecule has 0 spiro atoms. The van der Waals surface area contributed by atoms with Gasteiger partial charge in [-0.3, -0.25) is 0 Å². The summed E-state index contributed by atoms with van der Waals surface area (Å²) in [5.74, 6) is -0.835. The SMILES string of the molecule is Cc1c(-c2ccccc2)cccc1-c1cc(/C=C/C(=O)O)ccc1O. The van der Waals surface area contributed by atoms with E-state index >= 15 is 0 Å². The molecule has 0 heterocycles. The Balaban J connectivity index is 2.11. The van der Waals surface area contributed by atoms with E-state index in [9.17, 15) is 9.90 Å². The molecular formula is C22H18O3. The second-order valence-electron chi connectivity index (χ2n) is 5.79. The number of aliphatic carboxylic acids is 1. The van der Waals surface area contributed by atoms with Gasteiger partial charge in [-0.15, -0.1) is 0 Å². The van der Waals surface area contributed by atoms with Crippen LogP contribution in [0, 0.1) is 6.92 Å². The fourth-order valence-corrected chi connectivity index (χ4v) is 2.90. The minimum absolute atomic E-state index is 0.167. The van der Waals surface area contributed by atoms with Crippen molar-refractivity contribution in [3.8, 4) is 28.0 Å². The van der Waals surface area contributed by atoms with E-state index in [-0.39, 0.29) is 5.75 Å². The lowest BCUT2D eigenvalue weighted by Crippen LogP contribution is -1.90. The van der Waals surface area contributed by atoms with Crippen LogP contribution in [0.3, 0.4) is 0 Å². The summed E-state index contributed by atoms with van der Waals surface area (Å²) in [6.45, 7) is 2.02. The molecule has 0 amide bonds. The lowest BCUT2D eigenvalue weighted by Gasteiger charge is -2.13. The van der Waals surface area contributed by atoms with E-state index in [4.69, 9.17) is 5.11 Å². The fraction of sp³-hybridized carbons (Fsp3) is 0.0455. The van der Waals surface area contributed by atoms with Gasteiger partial charge in [-0.2, -0.15) is 0 Å². The lowest BCUT2D eigenvalue weighted by molar-refractivity contribution is -0.131. The van der Waals surface area contributed by atoms with Crippen LogP contribution in [0.2, 0.25) is 0 Å². The van der Waals surface area contributed by atoms with Crippen molar-refractivity contribution in [1.29, 1.82) is 0 Å². The maximum Gasteiger partial charge on any atom is 0.328 e. The zero-order valence-electron chi connectivity index (χ0n) is 13.8. The summed E-state index contributed by atoms with van der Waals surface area (Å²) in [6, 6.07) is 21.1.